The summed E-state index contributed by atoms with van der Waals surface area (Å²) in [4.78, 5) is 25.0. The van der Waals surface area contributed by atoms with Gasteiger partial charge in [-0.05, 0) is 38.0 Å². The standard InChI is InChI=1S/C17H24N2O5S/c1-13-7-4-5-10-19(13)25(22,23)15-9-6-8-14(11-15)17(21)24-12-16(20)18(2)3/h6,8-9,11,13H,4-5,7,10,12H2,1-3H3/t13-/m1/s1. The van der Waals surface area contributed by atoms with E-state index in [0.29, 0.717) is 6.54 Å². The van der Waals surface area contributed by atoms with Crippen LogP contribution < -0.4 is 0 Å². The smallest absolute Gasteiger partial charge is 0.338 e. The Balaban J connectivity index is 2.17. The van der Waals surface area contributed by atoms with Crippen molar-refractivity contribution in [2.45, 2.75) is 37.1 Å². The summed E-state index contributed by atoms with van der Waals surface area (Å²) in [6, 6.07) is 5.69. The molecule has 0 spiro atoms. The highest BCUT2D eigenvalue weighted by molar-refractivity contribution is 7.89. The van der Waals surface area contributed by atoms with Crippen LogP contribution in [0.2, 0.25) is 0 Å². The van der Waals surface area contributed by atoms with Gasteiger partial charge in [-0.1, -0.05) is 12.5 Å². The van der Waals surface area contributed by atoms with Crippen LogP contribution in [0.5, 0.6) is 0 Å². The topological polar surface area (TPSA) is 84.0 Å². The fourth-order valence-corrected chi connectivity index (χ4v) is 4.43. The molecule has 1 aliphatic heterocycles. The molecule has 0 N–H and O–H groups in total. The lowest BCUT2D eigenvalue weighted by molar-refractivity contribution is -0.131. The molecule has 0 aromatic heterocycles. The Morgan fingerprint density at radius 3 is 2.64 bits per heavy atom. The first-order valence-corrected chi connectivity index (χ1v) is 9.66. The van der Waals surface area contributed by atoms with Crippen molar-refractivity contribution in [1.82, 2.24) is 9.21 Å². The fraction of sp³-hybridized carbons (Fsp3) is 0.529. The fourth-order valence-electron chi connectivity index (χ4n) is 2.69. The molecule has 2 rings (SSSR count). The van der Waals surface area contributed by atoms with Crippen molar-refractivity contribution in [3.8, 4) is 0 Å². The van der Waals surface area contributed by atoms with Gasteiger partial charge in [0.05, 0.1) is 10.5 Å². The number of hydrogen-bond donors (Lipinski definition) is 0. The minimum absolute atomic E-state index is 0.0629. The summed E-state index contributed by atoms with van der Waals surface area (Å²) in [7, 11) is -0.544. The van der Waals surface area contributed by atoms with Gasteiger partial charge in [-0.15, -0.1) is 0 Å². The number of carbonyl (C=O) groups excluding carboxylic acids is 2. The van der Waals surface area contributed by atoms with Crippen molar-refractivity contribution in [3.05, 3.63) is 29.8 Å². The van der Waals surface area contributed by atoms with E-state index in [2.05, 4.69) is 0 Å². The Kier molecular flexibility index (Phi) is 6.18. The molecule has 1 heterocycles. The number of piperidine rings is 1. The summed E-state index contributed by atoms with van der Waals surface area (Å²) in [6.07, 6.45) is 2.67. The summed E-state index contributed by atoms with van der Waals surface area (Å²) in [6.45, 7) is 1.99. The van der Waals surface area contributed by atoms with Crippen LogP contribution in [-0.4, -0.2) is 62.8 Å². The third kappa shape index (κ3) is 4.58. The van der Waals surface area contributed by atoms with Gasteiger partial charge >= 0.3 is 5.97 Å². The maximum absolute atomic E-state index is 12.8. The molecule has 0 radical (unpaired) electrons. The van der Waals surface area contributed by atoms with Crippen molar-refractivity contribution in [1.29, 1.82) is 0 Å². The van der Waals surface area contributed by atoms with Crippen molar-refractivity contribution in [3.63, 3.8) is 0 Å². The molecule has 0 unspecified atom stereocenters. The Morgan fingerprint density at radius 1 is 1.28 bits per heavy atom. The summed E-state index contributed by atoms with van der Waals surface area (Å²) in [5, 5.41) is 0. The summed E-state index contributed by atoms with van der Waals surface area (Å²) in [5.74, 6) is -1.07. The van der Waals surface area contributed by atoms with Gasteiger partial charge < -0.3 is 9.64 Å². The second-order valence-electron chi connectivity index (χ2n) is 6.35. The molecule has 1 aliphatic rings. The number of hydrogen-bond acceptors (Lipinski definition) is 5. The Hall–Kier alpha value is -1.93. The van der Waals surface area contributed by atoms with E-state index >= 15 is 0 Å². The highest BCUT2D eigenvalue weighted by Crippen LogP contribution is 2.25. The summed E-state index contributed by atoms with van der Waals surface area (Å²) in [5.41, 5.74) is 0.109. The lowest BCUT2D eigenvalue weighted by Gasteiger charge is -2.32. The van der Waals surface area contributed by atoms with Crippen LogP contribution in [0.15, 0.2) is 29.2 Å². The van der Waals surface area contributed by atoms with Crippen LogP contribution in [0.25, 0.3) is 0 Å². The molecule has 1 aromatic rings. The van der Waals surface area contributed by atoms with Gasteiger partial charge in [0.25, 0.3) is 5.91 Å². The molecule has 8 heteroatoms. The van der Waals surface area contributed by atoms with Gasteiger partial charge in [0, 0.05) is 26.7 Å². The predicted molar refractivity (Wildman–Crippen MR) is 92.6 cm³/mol. The van der Waals surface area contributed by atoms with Crippen molar-refractivity contribution >= 4 is 21.9 Å². The van der Waals surface area contributed by atoms with Crippen LogP contribution in [0, 0.1) is 0 Å². The predicted octanol–water partition coefficient (Wildman–Crippen LogP) is 1.49. The van der Waals surface area contributed by atoms with E-state index in [9.17, 15) is 18.0 Å². The molecule has 25 heavy (non-hydrogen) atoms. The first kappa shape index (κ1) is 19.4. The van der Waals surface area contributed by atoms with Gasteiger partial charge in [0.2, 0.25) is 10.0 Å². The number of esters is 1. The average molecular weight is 368 g/mol. The number of rotatable bonds is 5. The Morgan fingerprint density at radius 2 is 2.00 bits per heavy atom. The number of likely N-dealkylation sites (N-methyl/N-ethyl adjacent to an activating group) is 1. The van der Waals surface area contributed by atoms with Gasteiger partial charge in [-0.25, -0.2) is 13.2 Å². The normalized spacial score (nSPS) is 18.6. The number of benzene rings is 1. The highest BCUT2D eigenvalue weighted by Gasteiger charge is 2.31. The molecule has 1 amide bonds. The summed E-state index contributed by atoms with van der Waals surface area (Å²) < 4.78 is 32.1. The zero-order chi connectivity index (χ0) is 18.6. The SMILES string of the molecule is C[C@@H]1CCCCN1S(=O)(=O)c1cccc(C(=O)OCC(=O)N(C)C)c1. The van der Waals surface area contributed by atoms with Crippen LogP contribution in [0.1, 0.15) is 36.5 Å². The molecule has 1 fully saturated rings. The molecule has 1 saturated heterocycles. The van der Waals surface area contributed by atoms with E-state index < -0.39 is 16.0 Å². The Bertz CT molecular complexity index is 745. The van der Waals surface area contributed by atoms with Crippen LogP contribution in [0.4, 0.5) is 0 Å². The highest BCUT2D eigenvalue weighted by atomic mass is 32.2. The van der Waals surface area contributed by atoms with E-state index in [4.69, 9.17) is 4.74 Å². The number of ether oxygens (including phenoxy) is 1. The number of carbonyl (C=O) groups is 2. The van der Waals surface area contributed by atoms with E-state index in [-0.39, 0.29) is 29.0 Å². The van der Waals surface area contributed by atoms with Crippen molar-refractivity contribution in [2.24, 2.45) is 0 Å². The first-order valence-electron chi connectivity index (χ1n) is 8.22. The van der Waals surface area contributed by atoms with Crippen LogP contribution in [-0.2, 0) is 19.6 Å². The van der Waals surface area contributed by atoms with Gasteiger partial charge in [0.15, 0.2) is 6.61 Å². The number of sulfonamides is 1. The van der Waals surface area contributed by atoms with E-state index in [1.165, 1.54) is 33.5 Å². The Labute approximate surface area is 148 Å². The van der Waals surface area contributed by atoms with E-state index in [1.54, 1.807) is 14.1 Å². The molecular formula is C17H24N2O5S. The minimum atomic E-state index is -3.66. The minimum Gasteiger partial charge on any atom is -0.452 e. The van der Waals surface area contributed by atoms with Gasteiger partial charge in [-0.3, -0.25) is 4.79 Å². The molecular weight excluding hydrogens is 344 g/mol. The lowest BCUT2D eigenvalue weighted by atomic mass is 10.1. The lowest BCUT2D eigenvalue weighted by Crippen LogP contribution is -2.41. The van der Waals surface area contributed by atoms with Gasteiger partial charge in [0.1, 0.15) is 0 Å². The molecule has 138 valence electrons. The first-order chi connectivity index (χ1) is 11.7. The zero-order valence-corrected chi connectivity index (χ0v) is 15.6. The second-order valence-corrected chi connectivity index (χ2v) is 8.24. The summed E-state index contributed by atoms with van der Waals surface area (Å²) >= 11 is 0. The monoisotopic (exact) mass is 368 g/mol. The number of amides is 1. The second kappa shape index (κ2) is 7.97. The van der Waals surface area contributed by atoms with E-state index in [0.717, 1.165) is 19.3 Å². The molecule has 0 bridgehead atoms. The molecule has 0 saturated carbocycles. The molecule has 1 aromatic carbocycles. The quantitative estimate of drug-likeness (QED) is 0.736. The maximum Gasteiger partial charge on any atom is 0.338 e. The van der Waals surface area contributed by atoms with Crippen LogP contribution in [0.3, 0.4) is 0 Å². The van der Waals surface area contributed by atoms with E-state index in [1.807, 2.05) is 6.92 Å². The van der Waals surface area contributed by atoms with Crippen molar-refractivity contribution < 1.29 is 22.7 Å². The number of nitrogens with zero attached hydrogens (tertiary/aromatic N) is 2. The maximum atomic E-state index is 12.8. The van der Waals surface area contributed by atoms with Crippen molar-refractivity contribution in [2.75, 3.05) is 27.2 Å². The largest absolute Gasteiger partial charge is 0.452 e. The third-order valence-corrected chi connectivity index (χ3v) is 6.25. The third-order valence-electron chi connectivity index (χ3n) is 4.24. The molecule has 7 nitrogen and oxygen atoms in total. The molecule has 1 atom stereocenters. The zero-order valence-electron chi connectivity index (χ0n) is 14.8. The molecule has 0 aliphatic carbocycles. The van der Waals surface area contributed by atoms with Gasteiger partial charge in [-0.2, -0.15) is 4.31 Å². The average Bonchev–Trinajstić information content (AvgIpc) is 2.59. The van der Waals surface area contributed by atoms with Crippen LogP contribution >= 0.6 is 0 Å².